The Hall–Kier alpha value is -2.56. The van der Waals surface area contributed by atoms with Gasteiger partial charge in [-0.25, -0.2) is 9.18 Å². The van der Waals surface area contributed by atoms with Crippen molar-refractivity contribution in [2.75, 3.05) is 13.2 Å². The van der Waals surface area contributed by atoms with E-state index < -0.39 is 0 Å². The van der Waals surface area contributed by atoms with Crippen molar-refractivity contribution in [1.82, 2.24) is 10.2 Å². The van der Waals surface area contributed by atoms with Crippen LogP contribution in [-0.2, 0) is 6.54 Å². The van der Waals surface area contributed by atoms with Crippen molar-refractivity contribution in [2.24, 2.45) is 0 Å². The summed E-state index contributed by atoms with van der Waals surface area (Å²) in [5.74, 6) is 0.517. The van der Waals surface area contributed by atoms with Crippen LogP contribution >= 0.6 is 0 Å². The number of urea groups is 1. The average Bonchev–Trinajstić information content (AvgIpc) is 3.43. The van der Waals surface area contributed by atoms with E-state index in [0.717, 1.165) is 24.2 Å². The summed E-state index contributed by atoms with van der Waals surface area (Å²) >= 11 is 0. The number of carbonyl (C=O) groups excluding carboxylic acids is 1. The number of ether oxygens (including phenoxy) is 1. The molecule has 0 aliphatic heterocycles. The number of benzene rings is 2. The average molecular weight is 342 g/mol. The Kier molecular flexibility index (Phi) is 5.53. The van der Waals surface area contributed by atoms with Gasteiger partial charge in [0.15, 0.2) is 0 Å². The zero-order valence-corrected chi connectivity index (χ0v) is 14.4. The van der Waals surface area contributed by atoms with E-state index in [0.29, 0.717) is 25.3 Å². The third kappa shape index (κ3) is 4.95. The molecule has 5 heteroatoms. The molecule has 25 heavy (non-hydrogen) atoms. The fourth-order valence-corrected chi connectivity index (χ4v) is 2.70. The number of nitrogens with zero attached hydrogens (tertiary/aromatic N) is 1. The summed E-state index contributed by atoms with van der Waals surface area (Å²) in [6, 6.07) is 14.4. The number of aryl methyl sites for hydroxylation is 1. The van der Waals surface area contributed by atoms with Gasteiger partial charge in [-0.2, -0.15) is 0 Å². The van der Waals surface area contributed by atoms with Gasteiger partial charge in [-0.3, -0.25) is 0 Å². The minimum atomic E-state index is -0.274. The smallest absolute Gasteiger partial charge is 0.318 e. The summed E-state index contributed by atoms with van der Waals surface area (Å²) in [6.07, 6.45) is 1.95. The zero-order chi connectivity index (χ0) is 17.6. The van der Waals surface area contributed by atoms with Gasteiger partial charge in [-0.1, -0.05) is 30.3 Å². The Bertz CT molecular complexity index is 731. The molecular weight excluding hydrogens is 319 g/mol. The summed E-state index contributed by atoms with van der Waals surface area (Å²) in [6.45, 7) is 3.10. The standard InChI is InChI=1S/C20H23FN2O2/c1-15-5-4-7-18(13-15)25-12-11-22-20(24)23(17-9-10-17)14-16-6-2-3-8-19(16)21/h2-8,13,17H,9-12,14H2,1H3,(H,22,24). The molecule has 1 saturated carbocycles. The second-order valence-electron chi connectivity index (χ2n) is 6.35. The lowest BCUT2D eigenvalue weighted by Crippen LogP contribution is -2.42. The van der Waals surface area contributed by atoms with Crippen LogP contribution in [-0.4, -0.2) is 30.1 Å². The second-order valence-corrected chi connectivity index (χ2v) is 6.35. The minimum absolute atomic E-state index is 0.168. The summed E-state index contributed by atoms with van der Waals surface area (Å²) in [5, 5.41) is 2.87. The maximum absolute atomic E-state index is 13.8. The van der Waals surface area contributed by atoms with Crippen LogP contribution < -0.4 is 10.1 Å². The van der Waals surface area contributed by atoms with Crippen LogP contribution in [0.15, 0.2) is 48.5 Å². The number of amides is 2. The lowest BCUT2D eigenvalue weighted by molar-refractivity contribution is 0.188. The Balaban J connectivity index is 1.49. The highest BCUT2D eigenvalue weighted by atomic mass is 19.1. The van der Waals surface area contributed by atoms with Crippen molar-refractivity contribution >= 4 is 6.03 Å². The molecule has 0 unspecified atom stereocenters. The fraction of sp³-hybridized carbons (Fsp3) is 0.350. The Morgan fingerprint density at radius 1 is 1.24 bits per heavy atom. The van der Waals surface area contributed by atoms with Crippen LogP contribution in [0.3, 0.4) is 0 Å². The normalized spacial score (nSPS) is 13.4. The van der Waals surface area contributed by atoms with Gasteiger partial charge in [0, 0.05) is 11.6 Å². The van der Waals surface area contributed by atoms with Crippen LogP contribution in [0.25, 0.3) is 0 Å². The summed E-state index contributed by atoms with van der Waals surface area (Å²) in [7, 11) is 0. The highest BCUT2D eigenvalue weighted by molar-refractivity contribution is 5.75. The van der Waals surface area contributed by atoms with Gasteiger partial charge < -0.3 is 15.0 Å². The van der Waals surface area contributed by atoms with E-state index in [1.807, 2.05) is 31.2 Å². The molecule has 1 aliphatic carbocycles. The van der Waals surface area contributed by atoms with Crippen molar-refractivity contribution in [2.45, 2.75) is 32.4 Å². The maximum Gasteiger partial charge on any atom is 0.318 e. The molecule has 132 valence electrons. The Morgan fingerprint density at radius 2 is 2.04 bits per heavy atom. The van der Waals surface area contributed by atoms with Crippen LogP contribution in [0.1, 0.15) is 24.0 Å². The fourth-order valence-electron chi connectivity index (χ4n) is 2.70. The van der Waals surface area contributed by atoms with Crippen LogP contribution in [0, 0.1) is 12.7 Å². The number of hydrogen-bond donors (Lipinski definition) is 1. The zero-order valence-electron chi connectivity index (χ0n) is 14.4. The van der Waals surface area contributed by atoms with E-state index >= 15 is 0 Å². The summed E-state index contributed by atoms with van der Waals surface area (Å²) < 4.78 is 19.5. The van der Waals surface area contributed by atoms with Gasteiger partial charge in [0.2, 0.25) is 0 Å². The molecule has 0 atom stereocenters. The maximum atomic E-state index is 13.8. The van der Waals surface area contributed by atoms with Gasteiger partial charge in [-0.15, -0.1) is 0 Å². The number of halogens is 1. The first-order chi connectivity index (χ1) is 12.1. The molecule has 0 radical (unpaired) electrons. The molecule has 4 nitrogen and oxygen atoms in total. The molecule has 3 rings (SSSR count). The number of carbonyl (C=O) groups is 1. The molecule has 1 aliphatic rings. The molecule has 2 aromatic carbocycles. The summed E-state index contributed by atoms with van der Waals surface area (Å²) in [5.41, 5.74) is 1.67. The third-order valence-electron chi connectivity index (χ3n) is 4.18. The monoisotopic (exact) mass is 342 g/mol. The minimum Gasteiger partial charge on any atom is -0.492 e. The highest BCUT2D eigenvalue weighted by Gasteiger charge is 2.32. The van der Waals surface area contributed by atoms with Crippen LogP contribution in [0.5, 0.6) is 5.75 Å². The SMILES string of the molecule is Cc1cccc(OCCNC(=O)N(Cc2ccccc2F)C2CC2)c1. The van der Waals surface area contributed by atoms with Crippen LogP contribution in [0.4, 0.5) is 9.18 Å². The van der Waals surface area contributed by atoms with E-state index in [2.05, 4.69) is 5.32 Å². The number of nitrogens with one attached hydrogen (secondary N) is 1. The van der Waals surface area contributed by atoms with Crippen molar-refractivity contribution in [1.29, 1.82) is 0 Å². The predicted octanol–water partition coefficient (Wildman–Crippen LogP) is 3.89. The first-order valence-corrected chi connectivity index (χ1v) is 8.61. The van der Waals surface area contributed by atoms with E-state index in [-0.39, 0.29) is 17.9 Å². The lowest BCUT2D eigenvalue weighted by atomic mass is 10.2. The molecule has 2 amide bonds. The van der Waals surface area contributed by atoms with Crippen molar-refractivity contribution in [3.63, 3.8) is 0 Å². The van der Waals surface area contributed by atoms with E-state index in [1.165, 1.54) is 6.07 Å². The van der Waals surface area contributed by atoms with E-state index in [4.69, 9.17) is 4.74 Å². The predicted molar refractivity (Wildman–Crippen MR) is 95.0 cm³/mol. The van der Waals surface area contributed by atoms with Crippen molar-refractivity contribution < 1.29 is 13.9 Å². The molecular formula is C20H23FN2O2. The number of rotatable bonds is 7. The molecule has 2 aromatic rings. The lowest BCUT2D eigenvalue weighted by Gasteiger charge is -2.23. The van der Waals surface area contributed by atoms with E-state index in [9.17, 15) is 9.18 Å². The highest BCUT2D eigenvalue weighted by Crippen LogP contribution is 2.28. The molecule has 1 N–H and O–H groups in total. The van der Waals surface area contributed by atoms with Crippen molar-refractivity contribution in [3.8, 4) is 5.75 Å². The molecule has 0 aromatic heterocycles. The van der Waals surface area contributed by atoms with Gasteiger partial charge in [0.1, 0.15) is 18.2 Å². The first-order valence-electron chi connectivity index (χ1n) is 8.61. The second kappa shape index (κ2) is 8.01. The largest absolute Gasteiger partial charge is 0.492 e. The number of hydrogen-bond acceptors (Lipinski definition) is 2. The summed E-state index contributed by atoms with van der Waals surface area (Å²) in [4.78, 5) is 14.2. The molecule has 0 saturated heterocycles. The third-order valence-corrected chi connectivity index (χ3v) is 4.18. The Morgan fingerprint density at radius 3 is 2.76 bits per heavy atom. The Labute approximate surface area is 147 Å². The van der Waals surface area contributed by atoms with Gasteiger partial charge >= 0.3 is 6.03 Å². The molecule has 0 spiro atoms. The van der Waals surface area contributed by atoms with Crippen molar-refractivity contribution in [3.05, 3.63) is 65.5 Å². The quantitative estimate of drug-likeness (QED) is 0.776. The van der Waals surface area contributed by atoms with Gasteiger partial charge in [0.25, 0.3) is 0 Å². The first kappa shape index (κ1) is 17.3. The molecule has 0 heterocycles. The molecule has 1 fully saturated rings. The van der Waals surface area contributed by atoms with Crippen LogP contribution in [0.2, 0.25) is 0 Å². The van der Waals surface area contributed by atoms with E-state index in [1.54, 1.807) is 23.1 Å². The van der Waals surface area contributed by atoms with Gasteiger partial charge in [-0.05, 0) is 43.5 Å². The topological polar surface area (TPSA) is 41.6 Å². The van der Waals surface area contributed by atoms with Gasteiger partial charge in [0.05, 0.1) is 13.1 Å². The molecule has 0 bridgehead atoms.